The number of hydrogen-bond donors (Lipinski definition) is 19. The van der Waals surface area contributed by atoms with Crippen molar-refractivity contribution >= 4 is 100 Å². The highest BCUT2D eigenvalue weighted by atomic mass is 32.2. The quantitative estimate of drug-likeness (QED) is 0.0288. The Hall–Kier alpha value is -0.420. The standard InChI is InChI=1S/C70H118O38S7/c1-6-14-109-21-29-56-42(80)50(88)66(95-29)105-58-31(23-111-16-8-3)97-68(52(90)44(58)82)107-62-35(27-115-20-13-38(75)76)100-70(54(92)46(62)84)108-61-34(26-114-19-12-37(73)74)98-64(48(86)40(61)78)101-55-28(10-5)93-63(47(85)39(55)77)102-60-33(25-113-18-11-36(71)72)99-69(53(91)45(60)83)106-59-32(24-112-17-9-4)96-67(51(89)43(59)81)104-57-30(22-110-15-7-2)94-65(103-56)49(87)41(57)79/h28-35,39-70,77-92H,6-27H2,1-5H3,(H,71,72)(H,73,74)(H,75,76)/t28?,29?,30?,31?,32?,33?,34?,35?,39-,40-,41-,42-,43-,44-,45-,46-,47?,48?,49?,50?,51?,52?,53?,54?,55-,56-,57-,58-,59-,60-,61-,62-,63-,64-,65-,66+,67+,68-,69+,70-/m1/s1. The van der Waals surface area contributed by atoms with Crippen molar-refractivity contribution in [2.45, 2.75) is 332 Å². The Morgan fingerprint density at radius 1 is 0.209 bits per heavy atom. The number of ether oxygens (including phenoxy) is 16. The second kappa shape index (κ2) is 47.8. The van der Waals surface area contributed by atoms with Crippen molar-refractivity contribution in [3.63, 3.8) is 0 Å². The van der Waals surface area contributed by atoms with E-state index in [1.807, 2.05) is 27.7 Å². The summed E-state index contributed by atoms with van der Waals surface area (Å²) >= 11 is 8.39. The maximum Gasteiger partial charge on any atom is 0.304 e. The van der Waals surface area contributed by atoms with Crippen LogP contribution in [0.25, 0.3) is 0 Å². The third-order valence-electron chi connectivity index (χ3n) is 20.6. The fraction of sp³-hybridized carbons (Fsp3) is 0.957. The van der Waals surface area contributed by atoms with Crippen LogP contribution in [0.2, 0.25) is 0 Å². The largest absolute Gasteiger partial charge is 0.481 e. The molecule has 0 aromatic heterocycles. The summed E-state index contributed by atoms with van der Waals surface area (Å²) in [5, 5.41) is 223. The van der Waals surface area contributed by atoms with E-state index in [1.54, 1.807) is 6.92 Å². The summed E-state index contributed by atoms with van der Waals surface area (Å²) in [6, 6.07) is 0. The van der Waals surface area contributed by atoms with Crippen molar-refractivity contribution in [1.29, 1.82) is 0 Å². The highest BCUT2D eigenvalue weighted by molar-refractivity contribution is 8.00. The van der Waals surface area contributed by atoms with Crippen LogP contribution in [-0.4, -0.2) is 441 Å². The molecule has 0 spiro atoms. The monoisotopic (exact) mass is 1790 g/mol. The average molecular weight is 1790 g/mol. The maximum atomic E-state index is 12.3. The van der Waals surface area contributed by atoms with Gasteiger partial charge in [0.1, 0.15) is 146 Å². The van der Waals surface area contributed by atoms with Crippen LogP contribution in [-0.2, 0) is 90.2 Å². The van der Waals surface area contributed by atoms with Gasteiger partial charge in [0.25, 0.3) is 0 Å². The van der Waals surface area contributed by atoms with Crippen LogP contribution in [0.15, 0.2) is 0 Å². The minimum absolute atomic E-state index is 0.00588. The minimum Gasteiger partial charge on any atom is -0.481 e. The van der Waals surface area contributed by atoms with Gasteiger partial charge in [0.05, 0.1) is 68.1 Å². The second-order valence-corrected chi connectivity index (χ2v) is 37.4. The number of thioether (sulfide) groups is 7. The average Bonchev–Trinajstić information content (AvgIpc) is 0.772. The summed E-state index contributed by atoms with van der Waals surface area (Å²) in [4.78, 5) is 35.2. The molecule has 30 rings (SSSR count). The van der Waals surface area contributed by atoms with Gasteiger partial charge in [0.2, 0.25) is 0 Å². The molecule has 0 saturated carbocycles. The van der Waals surface area contributed by atoms with Gasteiger partial charge >= 0.3 is 17.9 Å². The number of carboxylic acids is 3. The van der Waals surface area contributed by atoms with E-state index >= 15 is 0 Å². The molecular weight excluding hydrogens is 1670 g/mol. The lowest BCUT2D eigenvalue weighted by Gasteiger charge is -2.51. The molecule has 0 aromatic carbocycles. The first kappa shape index (κ1) is 98.4. The number of hydrogen-bond acceptors (Lipinski definition) is 42. The predicted octanol–water partition coefficient (Wildman–Crippen LogP) is -3.74. The van der Waals surface area contributed by atoms with Gasteiger partial charge in [-0.15, -0.1) is 0 Å². The Balaban J connectivity index is 1.07. The highest BCUT2D eigenvalue weighted by Crippen LogP contribution is 2.43. The molecule has 0 aromatic rings. The first-order chi connectivity index (χ1) is 55.0. The molecule has 16 unspecified atom stereocenters. The van der Waals surface area contributed by atoms with Crippen molar-refractivity contribution in [3.05, 3.63) is 0 Å². The van der Waals surface area contributed by atoms with Gasteiger partial charge < -0.3 is 173 Å². The molecular formula is C70H118O38S7. The number of aliphatic carboxylic acids is 3. The van der Waals surface area contributed by atoms with Crippen LogP contribution in [0, 0.1) is 0 Å². The first-order valence-corrected chi connectivity index (χ1v) is 47.1. The fourth-order valence-corrected chi connectivity index (χ4v) is 21.2. The Bertz CT molecular complexity index is 2880. The summed E-state index contributed by atoms with van der Waals surface area (Å²) in [7, 11) is 0. The van der Waals surface area contributed by atoms with E-state index in [-0.39, 0.29) is 83.2 Å². The second-order valence-electron chi connectivity index (χ2n) is 29.4. The molecule has 668 valence electrons. The number of aliphatic hydroxyl groups is 16. The van der Waals surface area contributed by atoms with Crippen LogP contribution in [0.3, 0.4) is 0 Å². The Kier molecular flexibility index (Phi) is 40.9. The topological polar surface area (TPSA) is 583 Å². The minimum atomic E-state index is -2.16. The third kappa shape index (κ3) is 25.7. The van der Waals surface area contributed by atoms with E-state index in [1.165, 1.54) is 47.0 Å². The Labute approximate surface area is 695 Å². The van der Waals surface area contributed by atoms with Crippen molar-refractivity contribution in [2.24, 2.45) is 0 Å². The predicted molar refractivity (Wildman–Crippen MR) is 414 cm³/mol. The van der Waals surface area contributed by atoms with Gasteiger partial charge in [-0.05, 0) is 55.1 Å². The molecule has 40 atom stereocenters. The van der Waals surface area contributed by atoms with Crippen molar-refractivity contribution in [3.8, 4) is 0 Å². The number of carboxylic acid groups (broad SMARTS) is 3. The summed E-state index contributed by atoms with van der Waals surface area (Å²) in [6.07, 6.45) is -70.3. The van der Waals surface area contributed by atoms with Gasteiger partial charge in [-0.2, -0.15) is 82.3 Å². The summed E-state index contributed by atoms with van der Waals surface area (Å²) in [5.41, 5.74) is 0. The number of rotatable bonds is 32. The van der Waals surface area contributed by atoms with Gasteiger partial charge in [-0.1, -0.05) is 34.6 Å². The third-order valence-corrected chi connectivity index (χ3v) is 28.8. The molecule has 30 fully saturated rings. The summed E-state index contributed by atoms with van der Waals surface area (Å²) < 4.78 is 102. The number of aliphatic hydroxyl groups excluding tert-OH is 16. The maximum absolute atomic E-state index is 12.3. The van der Waals surface area contributed by atoms with Crippen LogP contribution < -0.4 is 0 Å². The van der Waals surface area contributed by atoms with E-state index in [0.29, 0.717) is 48.7 Å². The van der Waals surface area contributed by atoms with Gasteiger partial charge in [-0.25, -0.2) is 0 Å². The molecule has 16 bridgehead atoms. The van der Waals surface area contributed by atoms with Crippen molar-refractivity contribution < 1.29 is 187 Å². The lowest BCUT2D eigenvalue weighted by atomic mass is 9.94. The van der Waals surface area contributed by atoms with E-state index in [2.05, 4.69) is 0 Å². The lowest BCUT2D eigenvalue weighted by Crippen LogP contribution is -2.68. The molecule has 0 radical (unpaired) electrons. The fourth-order valence-electron chi connectivity index (χ4n) is 14.4. The molecule has 0 aliphatic carbocycles. The van der Waals surface area contributed by atoms with Crippen molar-refractivity contribution in [2.75, 3.05) is 80.5 Å². The molecule has 38 nitrogen and oxygen atoms in total. The molecule has 30 saturated heterocycles. The molecule has 30 heterocycles. The van der Waals surface area contributed by atoms with Crippen LogP contribution >= 0.6 is 82.3 Å². The number of carbonyl (C=O) groups is 3. The SMILES string of the molecule is CCCSCC1O[C@@H]2O[C@@H]3C(CSCCC(=O)O)O[C@H](O[C@@H]4C(CSCCC(=O)O)O[C@H](O[C@@H]5C(CC)O[C@H](O[C@@H]6C(CSCCC(=O)O)O[C@@H](O[C@@H]7C(CSCCC)O[C@@H](O[C@@H]8C(CSCCC)O[C@H](O[C@@H]9C(CSCCC)O[C@@H](O[C@H]1[C@H](O)C2O)C(O)[C@H]9O)C(O)[C@H]8O)C(O)[C@H]7O)C(O)[C@H]6O)C(O)[C@H]5O)C(O)[C@H]4O)C(O)[C@H]3O. The molecule has 0 amide bonds. The normalized spacial score (nSPS) is 45.1. The lowest BCUT2D eigenvalue weighted by molar-refractivity contribution is -0.397. The summed E-state index contributed by atoms with van der Waals surface area (Å²) in [6.45, 7) is 9.22. The smallest absolute Gasteiger partial charge is 0.304 e. The molecule has 115 heavy (non-hydrogen) atoms. The molecule has 19 N–H and O–H groups in total. The van der Waals surface area contributed by atoms with E-state index in [4.69, 9.17) is 75.8 Å². The molecule has 30 aliphatic heterocycles. The van der Waals surface area contributed by atoms with Gasteiger partial charge in [0.15, 0.2) is 50.3 Å². The first-order valence-electron chi connectivity index (χ1n) is 39.0. The summed E-state index contributed by atoms with van der Waals surface area (Å²) in [5.74, 6) is -2.02. The van der Waals surface area contributed by atoms with Gasteiger partial charge in [0, 0.05) is 57.5 Å². The zero-order chi connectivity index (χ0) is 83.6. The molecule has 30 aliphatic rings. The zero-order valence-corrected chi connectivity index (χ0v) is 70.0. The van der Waals surface area contributed by atoms with Crippen LogP contribution in [0.5, 0.6) is 0 Å². The van der Waals surface area contributed by atoms with E-state index < -0.39 is 264 Å². The Morgan fingerprint density at radius 3 is 0.487 bits per heavy atom. The molecule has 45 heteroatoms. The van der Waals surface area contributed by atoms with E-state index in [0.717, 1.165) is 35.3 Å². The van der Waals surface area contributed by atoms with E-state index in [9.17, 15) is 111 Å². The van der Waals surface area contributed by atoms with Gasteiger partial charge in [-0.3, -0.25) is 14.4 Å². The Morgan fingerprint density at radius 2 is 0.348 bits per heavy atom. The van der Waals surface area contributed by atoms with Crippen LogP contribution in [0.4, 0.5) is 0 Å². The van der Waals surface area contributed by atoms with Crippen LogP contribution in [0.1, 0.15) is 86.0 Å². The highest BCUT2D eigenvalue weighted by Gasteiger charge is 2.61. The zero-order valence-electron chi connectivity index (χ0n) is 64.3. The van der Waals surface area contributed by atoms with Crippen molar-refractivity contribution in [1.82, 2.24) is 0 Å².